The number of benzene rings is 2. The van der Waals surface area contributed by atoms with Crippen LogP contribution >= 0.6 is 0 Å². The topological polar surface area (TPSA) is 46.5 Å². The van der Waals surface area contributed by atoms with Crippen LogP contribution in [0, 0.1) is 0 Å². The molecule has 0 aliphatic heterocycles. The molecule has 2 aromatic carbocycles. The molecule has 0 unspecified atom stereocenters. The highest BCUT2D eigenvalue weighted by atomic mass is 16.5. The van der Waals surface area contributed by atoms with E-state index in [4.69, 9.17) is 4.74 Å². The summed E-state index contributed by atoms with van der Waals surface area (Å²) in [5.74, 6) is 0.547. The maximum atomic E-state index is 10.7. The SMILES string of the molecule is O=Cc1ccc(CO)c(OCc2ccccc2)c1. The first-order chi connectivity index (χ1) is 8.83. The quantitative estimate of drug-likeness (QED) is 0.820. The lowest BCUT2D eigenvalue weighted by molar-refractivity contribution is 0.112. The Morgan fingerprint density at radius 1 is 1.11 bits per heavy atom. The summed E-state index contributed by atoms with van der Waals surface area (Å²) in [6.45, 7) is 0.305. The van der Waals surface area contributed by atoms with Crippen molar-refractivity contribution in [1.29, 1.82) is 0 Å². The lowest BCUT2D eigenvalue weighted by atomic mass is 10.1. The van der Waals surface area contributed by atoms with E-state index in [9.17, 15) is 9.90 Å². The van der Waals surface area contributed by atoms with Crippen LogP contribution in [0.15, 0.2) is 48.5 Å². The van der Waals surface area contributed by atoms with E-state index in [1.807, 2.05) is 30.3 Å². The number of hydrogen-bond acceptors (Lipinski definition) is 3. The fraction of sp³-hybridized carbons (Fsp3) is 0.133. The monoisotopic (exact) mass is 242 g/mol. The second-order valence-corrected chi connectivity index (χ2v) is 3.92. The van der Waals surface area contributed by atoms with Crippen molar-refractivity contribution in [2.45, 2.75) is 13.2 Å². The molecule has 3 nitrogen and oxygen atoms in total. The van der Waals surface area contributed by atoms with E-state index < -0.39 is 0 Å². The highest BCUT2D eigenvalue weighted by Crippen LogP contribution is 2.21. The van der Waals surface area contributed by atoms with Crippen molar-refractivity contribution in [3.05, 3.63) is 65.2 Å². The van der Waals surface area contributed by atoms with Gasteiger partial charge in [0, 0.05) is 11.1 Å². The minimum atomic E-state index is -0.108. The number of aldehydes is 1. The number of carbonyl (C=O) groups excluding carboxylic acids is 1. The van der Waals surface area contributed by atoms with Crippen LogP contribution in [0.5, 0.6) is 5.75 Å². The van der Waals surface area contributed by atoms with Crippen molar-refractivity contribution in [2.24, 2.45) is 0 Å². The highest BCUT2D eigenvalue weighted by Gasteiger charge is 2.04. The van der Waals surface area contributed by atoms with Gasteiger partial charge >= 0.3 is 0 Å². The van der Waals surface area contributed by atoms with E-state index in [-0.39, 0.29) is 6.61 Å². The number of hydrogen-bond donors (Lipinski definition) is 1. The van der Waals surface area contributed by atoms with Gasteiger partial charge in [-0.2, -0.15) is 0 Å². The Bertz CT molecular complexity index is 521. The van der Waals surface area contributed by atoms with E-state index >= 15 is 0 Å². The van der Waals surface area contributed by atoms with Gasteiger partial charge in [0.1, 0.15) is 18.6 Å². The first kappa shape index (κ1) is 12.3. The molecule has 0 saturated carbocycles. The van der Waals surface area contributed by atoms with Gasteiger partial charge in [0.2, 0.25) is 0 Å². The molecule has 0 aliphatic rings. The average molecular weight is 242 g/mol. The summed E-state index contributed by atoms with van der Waals surface area (Å²) < 4.78 is 5.64. The molecule has 0 aliphatic carbocycles. The number of ether oxygens (including phenoxy) is 1. The maximum Gasteiger partial charge on any atom is 0.150 e. The molecule has 0 atom stereocenters. The fourth-order valence-electron chi connectivity index (χ4n) is 1.64. The number of carbonyl (C=O) groups is 1. The molecule has 18 heavy (non-hydrogen) atoms. The molecule has 92 valence electrons. The zero-order valence-electron chi connectivity index (χ0n) is 9.87. The molecular formula is C15H14O3. The molecule has 0 fully saturated rings. The van der Waals surface area contributed by atoms with Crippen molar-refractivity contribution < 1.29 is 14.6 Å². The molecule has 0 amide bonds. The number of rotatable bonds is 5. The summed E-state index contributed by atoms with van der Waals surface area (Å²) in [5.41, 5.74) is 2.25. The summed E-state index contributed by atoms with van der Waals surface area (Å²) in [6.07, 6.45) is 0.760. The summed E-state index contributed by atoms with van der Waals surface area (Å²) in [7, 11) is 0. The van der Waals surface area contributed by atoms with Crippen molar-refractivity contribution in [1.82, 2.24) is 0 Å². The average Bonchev–Trinajstić information content (AvgIpc) is 2.45. The fourth-order valence-corrected chi connectivity index (χ4v) is 1.64. The highest BCUT2D eigenvalue weighted by molar-refractivity contribution is 5.75. The molecule has 2 rings (SSSR count). The molecule has 2 aromatic rings. The van der Waals surface area contributed by atoms with Gasteiger partial charge in [-0.05, 0) is 11.6 Å². The molecular weight excluding hydrogens is 228 g/mol. The van der Waals surface area contributed by atoms with Gasteiger partial charge < -0.3 is 9.84 Å². The van der Waals surface area contributed by atoms with Crippen LogP contribution in [-0.2, 0) is 13.2 Å². The van der Waals surface area contributed by atoms with E-state index in [0.29, 0.717) is 23.5 Å². The first-order valence-corrected chi connectivity index (χ1v) is 5.69. The minimum Gasteiger partial charge on any atom is -0.489 e. The second-order valence-electron chi connectivity index (χ2n) is 3.92. The van der Waals surface area contributed by atoms with Gasteiger partial charge in [-0.25, -0.2) is 0 Å². The molecule has 0 radical (unpaired) electrons. The normalized spacial score (nSPS) is 10.1. The van der Waals surface area contributed by atoms with Crippen LogP contribution in [0.3, 0.4) is 0 Å². The maximum absolute atomic E-state index is 10.7. The van der Waals surface area contributed by atoms with E-state index in [2.05, 4.69) is 0 Å². The van der Waals surface area contributed by atoms with Crippen LogP contribution in [-0.4, -0.2) is 11.4 Å². The lowest BCUT2D eigenvalue weighted by Gasteiger charge is -2.10. The molecule has 0 heterocycles. The van der Waals surface area contributed by atoms with Gasteiger partial charge in [-0.15, -0.1) is 0 Å². The molecule has 1 N–H and O–H groups in total. The Kier molecular flexibility index (Phi) is 4.10. The summed E-state index contributed by atoms with van der Waals surface area (Å²) >= 11 is 0. The summed E-state index contributed by atoms with van der Waals surface area (Å²) in [4.78, 5) is 10.7. The number of aliphatic hydroxyl groups is 1. The zero-order chi connectivity index (χ0) is 12.8. The Morgan fingerprint density at radius 2 is 1.89 bits per heavy atom. The molecule has 0 spiro atoms. The third-order valence-electron chi connectivity index (χ3n) is 2.63. The Labute approximate surface area is 106 Å². The smallest absolute Gasteiger partial charge is 0.150 e. The van der Waals surface area contributed by atoms with Gasteiger partial charge in [0.05, 0.1) is 6.61 Å². The van der Waals surface area contributed by atoms with Gasteiger partial charge in [0.15, 0.2) is 0 Å². The Balaban J connectivity index is 2.15. The van der Waals surface area contributed by atoms with Crippen molar-refractivity contribution >= 4 is 6.29 Å². The largest absolute Gasteiger partial charge is 0.489 e. The van der Waals surface area contributed by atoms with Gasteiger partial charge in [-0.1, -0.05) is 42.5 Å². The summed E-state index contributed by atoms with van der Waals surface area (Å²) in [6, 6.07) is 14.7. The van der Waals surface area contributed by atoms with Gasteiger partial charge in [-0.3, -0.25) is 4.79 Å². The van der Waals surface area contributed by atoms with Crippen LogP contribution in [0.2, 0.25) is 0 Å². The summed E-state index contributed by atoms with van der Waals surface area (Å²) in [5, 5.41) is 9.21. The predicted octanol–water partition coefficient (Wildman–Crippen LogP) is 2.57. The van der Waals surface area contributed by atoms with Crippen LogP contribution in [0.1, 0.15) is 21.5 Å². The van der Waals surface area contributed by atoms with E-state index in [1.165, 1.54) is 0 Å². The van der Waals surface area contributed by atoms with Crippen LogP contribution < -0.4 is 4.74 Å². The standard InChI is InChI=1S/C15H14O3/c16-9-13-6-7-14(10-17)15(8-13)18-11-12-4-2-1-3-5-12/h1-9,17H,10-11H2. The lowest BCUT2D eigenvalue weighted by Crippen LogP contribution is -1.99. The first-order valence-electron chi connectivity index (χ1n) is 5.69. The third-order valence-corrected chi connectivity index (χ3v) is 2.63. The Hall–Kier alpha value is -2.13. The Morgan fingerprint density at radius 3 is 2.56 bits per heavy atom. The zero-order valence-corrected chi connectivity index (χ0v) is 9.87. The van der Waals surface area contributed by atoms with E-state index in [0.717, 1.165) is 11.8 Å². The predicted molar refractivity (Wildman–Crippen MR) is 68.5 cm³/mol. The van der Waals surface area contributed by atoms with Crippen molar-refractivity contribution in [2.75, 3.05) is 0 Å². The van der Waals surface area contributed by atoms with Crippen LogP contribution in [0.25, 0.3) is 0 Å². The third kappa shape index (κ3) is 2.96. The number of aliphatic hydroxyl groups excluding tert-OH is 1. The van der Waals surface area contributed by atoms with Gasteiger partial charge in [0.25, 0.3) is 0 Å². The molecule has 0 saturated heterocycles. The molecule has 3 heteroatoms. The minimum absolute atomic E-state index is 0.108. The second kappa shape index (κ2) is 5.98. The van der Waals surface area contributed by atoms with Crippen molar-refractivity contribution in [3.63, 3.8) is 0 Å². The van der Waals surface area contributed by atoms with Crippen molar-refractivity contribution in [3.8, 4) is 5.75 Å². The van der Waals surface area contributed by atoms with Crippen LogP contribution in [0.4, 0.5) is 0 Å². The molecule has 0 bridgehead atoms. The molecule has 0 aromatic heterocycles. The van der Waals surface area contributed by atoms with E-state index in [1.54, 1.807) is 18.2 Å².